The van der Waals surface area contributed by atoms with Gasteiger partial charge in [-0.1, -0.05) is 70.4 Å². The van der Waals surface area contributed by atoms with Crippen molar-refractivity contribution in [3.63, 3.8) is 0 Å². The summed E-state index contributed by atoms with van der Waals surface area (Å²) >= 11 is 0. The molecule has 2 heterocycles. The first-order valence-electron chi connectivity index (χ1n) is 11.6. The van der Waals surface area contributed by atoms with Gasteiger partial charge in [-0.25, -0.2) is 4.98 Å². The molecule has 160 valence electrons. The van der Waals surface area contributed by atoms with Gasteiger partial charge in [0.25, 0.3) is 0 Å². The first-order valence-corrected chi connectivity index (χ1v) is 11.6. The van der Waals surface area contributed by atoms with E-state index < -0.39 is 0 Å². The van der Waals surface area contributed by atoms with Crippen molar-refractivity contribution in [2.75, 3.05) is 6.61 Å². The topological polar surface area (TPSA) is 56.2 Å². The molecular weight excluding hydrogens is 362 g/mol. The lowest BCUT2D eigenvalue weighted by Crippen LogP contribution is -2.34. The molecule has 1 fully saturated rings. The van der Waals surface area contributed by atoms with Gasteiger partial charge in [-0.2, -0.15) is 0 Å². The normalized spacial score (nSPS) is 16.5. The summed E-state index contributed by atoms with van der Waals surface area (Å²) in [5, 5.41) is 3.03. The summed E-state index contributed by atoms with van der Waals surface area (Å²) in [6.45, 7) is 4.38. The van der Waals surface area contributed by atoms with Crippen LogP contribution < -0.4 is 5.32 Å². The second-order valence-corrected chi connectivity index (χ2v) is 8.22. The van der Waals surface area contributed by atoms with E-state index in [1.165, 1.54) is 51.4 Å². The number of aromatic nitrogens is 2. The van der Waals surface area contributed by atoms with E-state index in [-0.39, 0.29) is 12.0 Å². The maximum absolute atomic E-state index is 12.3. The molecule has 0 radical (unpaired) electrons. The number of carbonyl (C=O) groups is 1. The monoisotopic (exact) mass is 399 g/mol. The van der Waals surface area contributed by atoms with E-state index in [9.17, 15) is 4.79 Å². The molecule has 0 bridgehead atoms. The lowest BCUT2D eigenvalue weighted by molar-refractivity contribution is -0.130. The summed E-state index contributed by atoms with van der Waals surface area (Å²) in [5.74, 6) is 0.932. The molecule has 1 aliphatic rings. The van der Waals surface area contributed by atoms with Crippen molar-refractivity contribution in [1.29, 1.82) is 0 Å². The minimum Gasteiger partial charge on any atom is -0.368 e. The average Bonchev–Trinajstić information content (AvgIpc) is 3.39. The Labute approximate surface area is 175 Å². The highest BCUT2D eigenvalue weighted by molar-refractivity contribution is 5.81. The molecule has 1 unspecified atom stereocenters. The average molecular weight is 400 g/mol. The first-order chi connectivity index (χ1) is 14.3. The number of ether oxygens (including phenoxy) is 1. The Kier molecular flexibility index (Phi) is 9.00. The van der Waals surface area contributed by atoms with Crippen LogP contribution in [0.4, 0.5) is 0 Å². The second kappa shape index (κ2) is 12.0. The lowest BCUT2D eigenvalue weighted by atomic mass is 10.1. The largest absolute Gasteiger partial charge is 0.368 e. The number of fused-ring (bicyclic) bond motifs is 1. The SMILES string of the molecule is CCCCCCCCCCCn1c(CNC(=O)C2CCCO2)nc2ccccc21. The number of hydrogen-bond donors (Lipinski definition) is 1. The third-order valence-corrected chi connectivity index (χ3v) is 5.86. The predicted octanol–water partition coefficient (Wildman–Crippen LogP) is 5.36. The standard InChI is InChI=1S/C24H37N3O2/c1-2-3-4-5-6-7-8-9-12-17-27-21-15-11-10-14-20(21)26-23(27)19-25-24(28)22-16-13-18-29-22/h10-11,14-15,22H,2-9,12-13,16-19H2,1H3,(H,25,28). The number of carbonyl (C=O) groups excluding carboxylic acids is 1. The van der Waals surface area contributed by atoms with Crippen LogP contribution in [0.3, 0.4) is 0 Å². The van der Waals surface area contributed by atoms with E-state index in [0.717, 1.165) is 42.7 Å². The summed E-state index contributed by atoms with van der Waals surface area (Å²) in [5.41, 5.74) is 2.17. The van der Waals surface area contributed by atoms with Crippen LogP contribution in [0.5, 0.6) is 0 Å². The van der Waals surface area contributed by atoms with Crippen LogP contribution in [0.25, 0.3) is 11.0 Å². The Morgan fingerprint density at radius 2 is 1.83 bits per heavy atom. The molecule has 1 aliphatic heterocycles. The Balaban J connectivity index is 1.48. The van der Waals surface area contributed by atoms with Crippen molar-refractivity contribution < 1.29 is 9.53 Å². The number of para-hydroxylation sites is 2. The molecule has 5 nitrogen and oxygen atoms in total. The molecule has 1 aromatic heterocycles. The maximum Gasteiger partial charge on any atom is 0.249 e. The van der Waals surface area contributed by atoms with Gasteiger partial charge in [-0.05, 0) is 31.4 Å². The molecule has 3 rings (SSSR count). The smallest absolute Gasteiger partial charge is 0.249 e. The summed E-state index contributed by atoms with van der Waals surface area (Å²) in [6, 6.07) is 8.26. The molecule has 1 amide bonds. The van der Waals surface area contributed by atoms with E-state index in [2.05, 4.69) is 28.9 Å². The first kappa shape index (κ1) is 21.8. The number of nitrogens with zero attached hydrogens (tertiary/aromatic N) is 2. The van der Waals surface area contributed by atoms with Crippen LogP contribution in [0.15, 0.2) is 24.3 Å². The maximum atomic E-state index is 12.3. The van der Waals surface area contributed by atoms with Crippen molar-refractivity contribution >= 4 is 16.9 Å². The molecule has 0 saturated carbocycles. The van der Waals surface area contributed by atoms with Gasteiger partial charge in [0, 0.05) is 13.2 Å². The highest BCUT2D eigenvalue weighted by Crippen LogP contribution is 2.18. The Morgan fingerprint density at radius 1 is 1.10 bits per heavy atom. The zero-order valence-corrected chi connectivity index (χ0v) is 18.0. The molecule has 1 aromatic carbocycles. The summed E-state index contributed by atoms with van der Waals surface area (Å²) in [4.78, 5) is 17.1. The highest BCUT2D eigenvalue weighted by Gasteiger charge is 2.23. The molecule has 5 heteroatoms. The van der Waals surface area contributed by atoms with E-state index >= 15 is 0 Å². The van der Waals surface area contributed by atoms with Gasteiger partial charge in [0.15, 0.2) is 0 Å². The van der Waals surface area contributed by atoms with Gasteiger partial charge < -0.3 is 14.6 Å². The van der Waals surface area contributed by atoms with Crippen LogP contribution in [-0.4, -0.2) is 28.2 Å². The van der Waals surface area contributed by atoms with E-state index in [1.54, 1.807) is 0 Å². The minimum atomic E-state index is -0.287. The van der Waals surface area contributed by atoms with Gasteiger partial charge in [-0.3, -0.25) is 4.79 Å². The third-order valence-electron chi connectivity index (χ3n) is 5.86. The predicted molar refractivity (Wildman–Crippen MR) is 118 cm³/mol. The number of benzene rings is 1. The van der Waals surface area contributed by atoms with Crippen molar-refractivity contribution in [1.82, 2.24) is 14.9 Å². The summed E-state index contributed by atoms with van der Waals surface area (Å²) in [7, 11) is 0. The molecule has 1 atom stereocenters. The number of rotatable bonds is 13. The van der Waals surface area contributed by atoms with E-state index in [4.69, 9.17) is 9.72 Å². The fourth-order valence-electron chi connectivity index (χ4n) is 4.15. The van der Waals surface area contributed by atoms with Crippen LogP contribution in [0, 0.1) is 0 Å². The van der Waals surface area contributed by atoms with E-state index in [0.29, 0.717) is 13.2 Å². The number of imidazole rings is 1. The van der Waals surface area contributed by atoms with Gasteiger partial charge in [0.2, 0.25) is 5.91 Å². The molecular formula is C24H37N3O2. The molecule has 2 aromatic rings. The third kappa shape index (κ3) is 6.56. The molecule has 0 spiro atoms. The number of nitrogens with one attached hydrogen (secondary N) is 1. The molecule has 1 N–H and O–H groups in total. The minimum absolute atomic E-state index is 0.0100. The Morgan fingerprint density at radius 3 is 2.55 bits per heavy atom. The van der Waals surface area contributed by atoms with Crippen molar-refractivity contribution in [3.8, 4) is 0 Å². The van der Waals surface area contributed by atoms with Crippen LogP contribution >= 0.6 is 0 Å². The number of amides is 1. The van der Waals surface area contributed by atoms with Crippen LogP contribution in [0.2, 0.25) is 0 Å². The highest BCUT2D eigenvalue weighted by atomic mass is 16.5. The van der Waals surface area contributed by atoms with E-state index in [1.807, 2.05) is 12.1 Å². The summed E-state index contributed by atoms with van der Waals surface area (Å²) < 4.78 is 7.77. The van der Waals surface area contributed by atoms with Gasteiger partial charge >= 0.3 is 0 Å². The Bertz CT molecular complexity index is 750. The van der Waals surface area contributed by atoms with Gasteiger partial charge in [0.1, 0.15) is 11.9 Å². The Hall–Kier alpha value is -1.88. The van der Waals surface area contributed by atoms with Gasteiger partial charge in [0.05, 0.1) is 17.6 Å². The van der Waals surface area contributed by atoms with Crippen LogP contribution in [-0.2, 0) is 22.6 Å². The summed E-state index contributed by atoms with van der Waals surface area (Å²) in [6.07, 6.45) is 13.4. The quantitative estimate of drug-likeness (QED) is 0.461. The number of unbranched alkanes of at least 4 members (excludes halogenated alkanes) is 8. The zero-order chi connectivity index (χ0) is 20.3. The molecule has 0 aliphatic carbocycles. The van der Waals surface area contributed by atoms with Crippen LogP contribution in [0.1, 0.15) is 83.4 Å². The van der Waals surface area contributed by atoms with Crippen molar-refractivity contribution in [2.45, 2.75) is 96.7 Å². The fourth-order valence-corrected chi connectivity index (χ4v) is 4.15. The fraction of sp³-hybridized carbons (Fsp3) is 0.667. The van der Waals surface area contributed by atoms with Gasteiger partial charge in [-0.15, -0.1) is 0 Å². The number of hydrogen-bond acceptors (Lipinski definition) is 3. The zero-order valence-electron chi connectivity index (χ0n) is 18.0. The number of aryl methyl sites for hydroxylation is 1. The molecule has 29 heavy (non-hydrogen) atoms. The molecule has 1 saturated heterocycles. The second-order valence-electron chi connectivity index (χ2n) is 8.22. The van der Waals surface area contributed by atoms with Crippen molar-refractivity contribution in [3.05, 3.63) is 30.1 Å². The lowest BCUT2D eigenvalue weighted by Gasteiger charge is -2.12. The van der Waals surface area contributed by atoms with Crippen molar-refractivity contribution in [2.24, 2.45) is 0 Å².